The maximum atomic E-state index is 9.45. The zero-order chi connectivity index (χ0) is 15.7. The van der Waals surface area contributed by atoms with Crippen molar-refractivity contribution in [1.82, 2.24) is 5.32 Å². The molecule has 2 N–H and O–H groups in total. The Morgan fingerprint density at radius 2 is 1.62 bits per heavy atom. The van der Waals surface area contributed by atoms with Crippen LogP contribution in [0.1, 0.15) is 71.9 Å². The summed E-state index contributed by atoms with van der Waals surface area (Å²) in [6, 6.07) is 8.59. The van der Waals surface area contributed by atoms with E-state index in [9.17, 15) is 5.11 Å². The average Bonchev–Trinajstić information content (AvgIpc) is 2.33. The summed E-state index contributed by atoms with van der Waals surface area (Å²) in [5, 5.41) is 13.3. The van der Waals surface area contributed by atoms with Gasteiger partial charge in [0, 0.05) is 12.1 Å². The summed E-state index contributed by atoms with van der Waals surface area (Å²) < 4.78 is 0. The van der Waals surface area contributed by atoms with Crippen LogP contribution in [0.15, 0.2) is 24.3 Å². The zero-order valence-corrected chi connectivity index (χ0v) is 14.2. The molecule has 0 radical (unpaired) electrons. The Hall–Kier alpha value is -1.02. The third kappa shape index (κ3) is 4.47. The van der Waals surface area contributed by atoms with Crippen molar-refractivity contribution in [2.45, 2.75) is 72.4 Å². The number of phenols is 1. The van der Waals surface area contributed by atoms with Crippen molar-refractivity contribution in [3.63, 3.8) is 0 Å². The van der Waals surface area contributed by atoms with Crippen LogP contribution < -0.4 is 5.32 Å². The summed E-state index contributed by atoms with van der Waals surface area (Å²) in [5.74, 6) is 0.341. The minimum Gasteiger partial charge on any atom is -0.508 e. The maximum Gasteiger partial charge on any atom is 0.115 e. The molecule has 0 aliphatic heterocycles. The highest BCUT2D eigenvalue weighted by Crippen LogP contribution is 2.46. The second-order valence-electron chi connectivity index (χ2n) is 8.33. The van der Waals surface area contributed by atoms with Crippen molar-refractivity contribution in [2.24, 2.45) is 10.8 Å². The van der Waals surface area contributed by atoms with Crippen LogP contribution in [0, 0.1) is 10.8 Å². The molecule has 0 bridgehead atoms. The van der Waals surface area contributed by atoms with E-state index < -0.39 is 0 Å². The Kier molecular flexibility index (Phi) is 4.67. The molecule has 1 atom stereocenters. The molecule has 2 heteroatoms. The van der Waals surface area contributed by atoms with Gasteiger partial charge in [0.15, 0.2) is 0 Å². The summed E-state index contributed by atoms with van der Waals surface area (Å²) in [6.45, 7) is 11.8. The standard InChI is InChI=1S/C19H31NO/c1-6-17(14-7-9-16(21)10-8-14)20-15-11-18(2,3)13-19(4,5)12-15/h7-10,15,17,20-21H,6,11-13H2,1-5H3. The fourth-order valence-corrected chi connectivity index (χ4v) is 4.40. The molecule has 1 aliphatic carbocycles. The van der Waals surface area contributed by atoms with Gasteiger partial charge in [-0.05, 0) is 54.2 Å². The molecule has 21 heavy (non-hydrogen) atoms. The quantitative estimate of drug-likeness (QED) is 0.814. The van der Waals surface area contributed by atoms with Crippen LogP contribution in [0.3, 0.4) is 0 Å². The maximum absolute atomic E-state index is 9.45. The zero-order valence-electron chi connectivity index (χ0n) is 14.2. The minimum absolute atomic E-state index is 0.341. The van der Waals surface area contributed by atoms with Gasteiger partial charge in [0.25, 0.3) is 0 Å². The van der Waals surface area contributed by atoms with Crippen molar-refractivity contribution >= 4 is 0 Å². The highest BCUT2D eigenvalue weighted by molar-refractivity contribution is 5.28. The summed E-state index contributed by atoms with van der Waals surface area (Å²) in [7, 11) is 0. The van der Waals surface area contributed by atoms with E-state index in [1.165, 1.54) is 24.8 Å². The molecule has 2 rings (SSSR count). The lowest BCUT2D eigenvalue weighted by atomic mass is 9.63. The van der Waals surface area contributed by atoms with E-state index >= 15 is 0 Å². The van der Waals surface area contributed by atoms with E-state index in [0.29, 0.717) is 28.7 Å². The predicted molar refractivity (Wildman–Crippen MR) is 89.5 cm³/mol. The Labute approximate surface area is 130 Å². The first kappa shape index (κ1) is 16.4. The van der Waals surface area contributed by atoms with Crippen molar-refractivity contribution in [2.75, 3.05) is 0 Å². The molecule has 0 aromatic heterocycles. The van der Waals surface area contributed by atoms with Crippen LogP contribution in [0.4, 0.5) is 0 Å². The molecule has 0 saturated heterocycles. The summed E-state index contributed by atoms with van der Waals surface area (Å²) in [6.07, 6.45) is 4.85. The van der Waals surface area contributed by atoms with Crippen LogP contribution in [0.5, 0.6) is 5.75 Å². The molecular weight excluding hydrogens is 258 g/mol. The summed E-state index contributed by atoms with van der Waals surface area (Å²) in [5.41, 5.74) is 2.09. The fourth-order valence-electron chi connectivity index (χ4n) is 4.40. The van der Waals surface area contributed by atoms with Crippen LogP contribution in [0.2, 0.25) is 0 Å². The van der Waals surface area contributed by atoms with Gasteiger partial charge in [-0.2, -0.15) is 0 Å². The first-order valence-electron chi connectivity index (χ1n) is 8.26. The van der Waals surface area contributed by atoms with Gasteiger partial charge >= 0.3 is 0 Å². The molecular formula is C19H31NO. The number of nitrogens with one attached hydrogen (secondary N) is 1. The van der Waals surface area contributed by atoms with Gasteiger partial charge in [-0.25, -0.2) is 0 Å². The molecule has 118 valence electrons. The lowest BCUT2D eigenvalue weighted by molar-refractivity contribution is 0.0799. The summed E-state index contributed by atoms with van der Waals surface area (Å²) >= 11 is 0. The third-order valence-corrected chi connectivity index (χ3v) is 4.70. The number of benzene rings is 1. The molecule has 1 aromatic carbocycles. The van der Waals surface area contributed by atoms with Gasteiger partial charge in [-0.3, -0.25) is 0 Å². The SMILES string of the molecule is CCC(NC1CC(C)(C)CC(C)(C)C1)c1ccc(O)cc1. The van der Waals surface area contributed by atoms with Crippen LogP contribution in [-0.2, 0) is 0 Å². The molecule has 0 spiro atoms. The fraction of sp³-hybridized carbons (Fsp3) is 0.684. The van der Waals surface area contributed by atoms with Gasteiger partial charge in [0.1, 0.15) is 5.75 Å². The van der Waals surface area contributed by atoms with Crippen LogP contribution in [-0.4, -0.2) is 11.1 Å². The smallest absolute Gasteiger partial charge is 0.115 e. The normalized spacial score (nSPS) is 22.9. The Balaban J connectivity index is 2.09. The van der Waals surface area contributed by atoms with E-state index in [4.69, 9.17) is 0 Å². The van der Waals surface area contributed by atoms with Gasteiger partial charge in [0.05, 0.1) is 0 Å². The van der Waals surface area contributed by atoms with Gasteiger partial charge < -0.3 is 10.4 Å². The Morgan fingerprint density at radius 3 is 2.10 bits per heavy atom. The topological polar surface area (TPSA) is 32.3 Å². The van der Waals surface area contributed by atoms with E-state index in [-0.39, 0.29) is 0 Å². The van der Waals surface area contributed by atoms with Crippen LogP contribution in [0.25, 0.3) is 0 Å². The molecule has 2 nitrogen and oxygen atoms in total. The van der Waals surface area contributed by atoms with Gasteiger partial charge in [-0.1, -0.05) is 46.8 Å². The first-order valence-corrected chi connectivity index (χ1v) is 8.26. The minimum atomic E-state index is 0.341. The number of hydrogen-bond acceptors (Lipinski definition) is 2. The number of phenolic OH excluding ortho intramolecular Hbond substituents is 1. The number of aromatic hydroxyl groups is 1. The van der Waals surface area contributed by atoms with Crippen molar-refractivity contribution in [3.05, 3.63) is 29.8 Å². The molecule has 0 heterocycles. The molecule has 1 aromatic rings. The molecule has 1 fully saturated rings. The lowest BCUT2D eigenvalue weighted by Crippen LogP contribution is -2.45. The Morgan fingerprint density at radius 1 is 1.10 bits per heavy atom. The summed E-state index contributed by atoms with van der Waals surface area (Å²) in [4.78, 5) is 0. The number of hydrogen-bond donors (Lipinski definition) is 2. The van der Waals surface area contributed by atoms with Crippen LogP contribution >= 0.6 is 0 Å². The largest absolute Gasteiger partial charge is 0.508 e. The number of rotatable bonds is 4. The third-order valence-electron chi connectivity index (χ3n) is 4.70. The highest BCUT2D eigenvalue weighted by atomic mass is 16.3. The van der Waals surface area contributed by atoms with Crippen molar-refractivity contribution in [1.29, 1.82) is 0 Å². The van der Waals surface area contributed by atoms with Crippen molar-refractivity contribution in [3.8, 4) is 5.75 Å². The van der Waals surface area contributed by atoms with E-state index in [1.807, 2.05) is 12.1 Å². The first-order chi connectivity index (χ1) is 9.71. The molecule has 0 amide bonds. The lowest BCUT2D eigenvalue weighted by Gasteiger charge is -2.46. The monoisotopic (exact) mass is 289 g/mol. The van der Waals surface area contributed by atoms with E-state index in [0.717, 1.165) is 6.42 Å². The predicted octanol–water partition coefficient (Wildman–Crippen LogP) is 5.04. The molecule has 1 saturated carbocycles. The second-order valence-corrected chi connectivity index (χ2v) is 8.33. The van der Waals surface area contributed by atoms with Crippen molar-refractivity contribution < 1.29 is 5.11 Å². The molecule has 1 aliphatic rings. The van der Waals surface area contributed by atoms with E-state index in [2.05, 4.69) is 39.9 Å². The Bertz CT molecular complexity index is 445. The molecule has 1 unspecified atom stereocenters. The average molecular weight is 289 g/mol. The van der Waals surface area contributed by atoms with E-state index in [1.54, 1.807) is 12.1 Å². The highest BCUT2D eigenvalue weighted by Gasteiger charge is 2.38. The van der Waals surface area contributed by atoms with Gasteiger partial charge in [0.2, 0.25) is 0 Å². The second kappa shape index (κ2) is 6.00. The van der Waals surface area contributed by atoms with Gasteiger partial charge in [-0.15, -0.1) is 0 Å².